The molecule has 112 valence electrons. The van der Waals surface area contributed by atoms with Crippen LogP contribution in [0.1, 0.15) is 17.5 Å². The number of hydrogen-bond acceptors (Lipinski definition) is 4. The molecule has 1 rings (SSSR count). The molecule has 0 fully saturated rings. The van der Waals surface area contributed by atoms with Crippen molar-refractivity contribution in [1.29, 1.82) is 0 Å². The fourth-order valence-electron chi connectivity index (χ4n) is 1.61. The molecule has 20 heavy (non-hydrogen) atoms. The maximum absolute atomic E-state index is 12.1. The van der Waals surface area contributed by atoms with Crippen LogP contribution < -0.4 is 10.5 Å². The van der Waals surface area contributed by atoms with Crippen LogP contribution >= 0.6 is 0 Å². The summed E-state index contributed by atoms with van der Waals surface area (Å²) >= 11 is 0. The number of anilines is 1. The Morgan fingerprint density at radius 3 is 2.65 bits per heavy atom. The third-order valence-electron chi connectivity index (χ3n) is 3.00. The third-order valence-corrected chi connectivity index (χ3v) is 4.44. The van der Waals surface area contributed by atoms with Gasteiger partial charge in [0.15, 0.2) is 0 Å². The lowest BCUT2D eigenvalue weighted by molar-refractivity contribution is 0.144. The molecule has 0 heterocycles. The Labute approximate surface area is 120 Å². The number of hydrogen-bond donors (Lipinski definition) is 2. The van der Waals surface area contributed by atoms with Crippen molar-refractivity contribution in [2.24, 2.45) is 0 Å². The minimum Gasteiger partial charge on any atom is -0.398 e. The maximum atomic E-state index is 12.1. The van der Waals surface area contributed by atoms with Crippen LogP contribution in [0.3, 0.4) is 0 Å². The number of nitrogens with one attached hydrogen (secondary N) is 1. The van der Waals surface area contributed by atoms with Crippen molar-refractivity contribution >= 4 is 15.7 Å². The number of nitrogens with two attached hydrogens (primary N) is 1. The molecule has 6 heteroatoms. The highest BCUT2D eigenvalue weighted by Crippen LogP contribution is 2.21. The van der Waals surface area contributed by atoms with Crippen LogP contribution in [0, 0.1) is 13.8 Å². The van der Waals surface area contributed by atoms with Crippen LogP contribution in [-0.4, -0.2) is 28.2 Å². The van der Waals surface area contributed by atoms with Gasteiger partial charge in [0.1, 0.15) is 0 Å². The van der Waals surface area contributed by atoms with Crippen LogP contribution in [-0.2, 0) is 14.8 Å². The van der Waals surface area contributed by atoms with Gasteiger partial charge in [-0.3, -0.25) is 0 Å². The third kappa shape index (κ3) is 4.63. The average Bonchev–Trinajstić information content (AvgIpc) is 2.39. The zero-order chi connectivity index (χ0) is 15.2. The molecule has 1 aromatic carbocycles. The predicted molar refractivity (Wildman–Crippen MR) is 81.1 cm³/mol. The molecule has 1 aromatic rings. The summed E-state index contributed by atoms with van der Waals surface area (Å²) in [4.78, 5) is 0.184. The highest BCUT2D eigenvalue weighted by Gasteiger charge is 2.15. The smallest absolute Gasteiger partial charge is 0.240 e. The van der Waals surface area contributed by atoms with Gasteiger partial charge in [0.05, 0.1) is 18.1 Å². The Bertz CT molecular complexity index is 545. The van der Waals surface area contributed by atoms with Gasteiger partial charge >= 0.3 is 0 Å². The van der Waals surface area contributed by atoms with E-state index in [1.165, 1.54) is 6.07 Å². The van der Waals surface area contributed by atoms with Gasteiger partial charge in [-0.2, -0.15) is 0 Å². The topological polar surface area (TPSA) is 81.4 Å². The second-order valence-corrected chi connectivity index (χ2v) is 6.31. The van der Waals surface area contributed by atoms with E-state index in [4.69, 9.17) is 10.5 Å². The van der Waals surface area contributed by atoms with E-state index < -0.39 is 10.0 Å². The Kier molecular flexibility index (Phi) is 6.19. The second-order valence-electron chi connectivity index (χ2n) is 4.54. The van der Waals surface area contributed by atoms with Gasteiger partial charge in [0, 0.05) is 12.2 Å². The number of benzene rings is 1. The summed E-state index contributed by atoms with van der Waals surface area (Å²) in [6, 6.07) is 3.09. The van der Waals surface area contributed by atoms with Crippen LogP contribution in [0.15, 0.2) is 29.7 Å². The zero-order valence-corrected chi connectivity index (χ0v) is 12.8. The molecule has 0 unspecified atom stereocenters. The number of ether oxygens (including phenoxy) is 1. The number of nitrogen functional groups attached to an aromatic ring is 1. The molecular weight excluding hydrogens is 276 g/mol. The van der Waals surface area contributed by atoms with Crippen molar-refractivity contribution in [3.63, 3.8) is 0 Å². The van der Waals surface area contributed by atoms with Gasteiger partial charge in [-0.05, 0) is 43.5 Å². The molecule has 0 atom stereocenters. The van der Waals surface area contributed by atoms with E-state index in [2.05, 4.69) is 11.3 Å². The van der Waals surface area contributed by atoms with Crippen LogP contribution in [0.5, 0.6) is 0 Å². The van der Waals surface area contributed by atoms with E-state index in [1.54, 1.807) is 12.1 Å². The van der Waals surface area contributed by atoms with E-state index in [9.17, 15) is 8.42 Å². The minimum absolute atomic E-state index is 0.184. The minimum atomic E-state index is -3.54. The quantitative estimate of drug-likeness (QED) is 0.435. The van der Waals surface area contributed by atoms with Crippen LogP contribution in [0.4, 0.5) is 5.69 Å². The largest absolute Gasteiger partial charge is 0.398 e. The van der Waals surface area contributed by atoms with Crippen molar-refractivity contribution in [2.45, 2.75) is 25.2 Å². The van der Waals surface area contributed by atoms with Crippen molar-refractivity contribution in [1.82, 2.24) is 4.72 Å². The second kappa shape index (κ2) is 7.42. The maximum Gasteiger partial charge on any atom is 0.240 e. The molecule has 0 saturated heterocycles. The molecule has 3 N–H and O–H groups in total. The van der Waals surface area contributed by atoms with Gasteiger partial charge in [0.2, 0.25) is 10.0 Å². The molecule has 0 aromatic heterocycles. The lowest BCUT2D eigenvalue weighted by atomic mass is 10.1. The van der Waals surface area contributed by atoms with Gasteiger partial charge in [-0.1, -0.05) is 6.08 Å². The average molecular weight is 298 g/mol. The van der Waals surface area contributed by atoms with Crippen molar-refractivity contribution in [3.05, 3.63) is 35.9 Å². The molecule has 0 spiro atoms. The van der Waals surface area contributed by atoms with E-state index in [0.29, 0.717) is 18.9 Å². The molecule has 0 aliphatic heterocycles. The highest BCUT2D eigenvalue weighted by molar-refractivity contribution is 7.89. The van der Waals surface area contributed by atoms with Crippen LogP contribution in [0.25, 0.3) is 0 Å². The normalized spacial score (nSPS) is 11.5. The van der Waals surface area contributed by atoms with E-state index >= 15 is 0 Å². The number of aryl methyl sites for hydroxylation is 1. The highest BCUT2D eigenvalue weighted by atomic mass is 32.2. The first-order valence-corrected chi connectivity index (χ1v) is 7.92. The first-order chi connectivity index (χ1) is 9.38. The summed E-state index contributed by atoms with van der Waals surface area (Å²) in [7, 11) is -3.54. The lowest BCUT2D eigenvalue weighted by Crippen LogP contribution is -2.27. The number of rotatable bonds is 8. The SMILES string of the molecule is C=CCCOCCNS(=O)(=O)c1cc(C)c(C)c(N)c1. The van der Waals surface area contributed by atoms with E-state index in [1.807, 2.05) is 13.8 Å². The summed E-state index contributed by atoms with van der Waals surface area (Å²) < 4.78 is 31.9. The summed E-state index contributed by atoms with van der Waals surface area (Å²) in [6.07, 6.45) is 2.50. The van der Waals surface area contributed by atoms with Gasteiger partial charge < -0.3 is 10.5 Å². The van der Waals surface area contributed by atoms with E-state index in [0.717, 1.165) is 17.5 Å². The molecule has 0 bridgehead atoms. The fourth-order valence-corrected chi connectivity index (χ4v) is 2.74. The first-order valence-electron chi connectivity index (χ1n) is 6.43. The van der Waals surface area contributed by atoms with Gasteiger partial charge in [-0.25, -0.2) is 13.1 Å². The fraction of sp³-hybridized carbons (Fsp3) is 0.429. The molecule has 0 amide bonds. The monoisotopic (exact) mass is 298 g/mol. The molecular formula is C14H22N2O3S. The van der Waals surface area contributed by atoms with Gasteiger partial charge in [0.25, 0.3) is 0 Å². The zero-order valence-electron chi connectivity index (χ0n) is 12.0. The number of sulfonamides is 1. The summed E-state index contributed by atoms with van der Waals surface area (Å²) in [6.45, 7) is 8.38. The van der Waals surface area contributed by atoms with E-state index in [-0.39, 0.29) is 11.4 Å². The molecule has 0 aliphatic carbocycles. The van der Waals surface area contributed by atoms with Crippen molar-refractivity contribution < 1.29 is 13.2 Å². The Morgan fingerprint density at radius 2 is 2.05 bits per heavy atom. The van der Waals surface area contributed by atoms with Gasteiger partial charge in [-0.15, -0.1) is 6.58 Å². The van der Waals surface area contributed by atoms with Crippen molar-refractivity contribution in [2.75, 3.05) is 25.5 Å². The summed E-state index contributed by atoms with van der Waals surface area (Å²) in [5.41, 5.74) is 8.03. The van der Waals surface area contributed by atoms with Crippen molar-refractivity contribution in [3.8, 4) is 0 Å². The standard InChI is InChI=1S/C14H22N2O3S/c1-4-5-7-19-8-6-16-20(17,18)13-9-11(2)12(3)14(15)10-13/h4,9-10,16H,1,5-8,15H2,2-3H3. The first kappa shape index (κ1) is 16.7. The summed E-state index contributed by atoms with van der Waals surface area (Å²) in [5.74, 6) is 0. The molecule has 0 radical (unpaired) electrons. The predicted octanol–water partition coefficient (Wildman–Crippen LogP) is 1.76. The Morgan fingerprint density at radius 1 is 1.35 bits per heavy atom. The van der Waals surface area contributed by atoms with Crippen LogP contribution in [0.2, 0.25) is 0 Å². The molecule has 0 saturated carbocycles. The molecule has 0 aliphatic rings. The Hall–Kier alpha value is -1.37. The molecule has 5 nitrogen and oxygen atoms in total. The Balaban J connectivity index is 2.63. The summed E-state index contributed by atoms with van der Waals surface area (Å²) in [5, 5.41) is 0. The lowest BCUT2D eigenvalue weighted by Gasteiger charge is -2.11.